The van der Waals surface area contributed by atoms with E-state index >= 15 is 0 Å². The molecule has 1 amide bonds. The average Bonchev–Trinajstić information content (AvgIpc) is 2.47. The first kappa shape index (κ1) is 17.0. The number of hydrogen-bond donors (Lipinski definition) is 2. The van der Waals surface area contributed by atoms with Gasteiger partial charge in [0.2, 0.25) is 0 Å². The Morgan fingerprint density at radius 2 is 1.70 bits per heavy atom. The van der Waals surface area contributed by atoms with E-state index in [1.165, 1.54) is 0 Å². The van der Waals surface area contributed by atoms with Crippen molar-refractivity contribution >= 4 is 29.1 Å². The summed E-state index contributed by atoms with van der Waals surface area (Å²) in [6, 6.07) is 10.2. The van der Waals surface area contributed by atoms with Gasteiger partial charge in [-0.1, -0.05) is 11.6 Å². The van der Waals surface area contributed by atoms with Gasteiger partial charge in [0.25, 0.3) is 5.91 Å². The van der Waals surface area contributed by atoms with Crippen molar-refractivity contribution in [3.63, 3.8) is 0 Å². The molecule has 0 atom stereocenters. The van der Waals surface area contributed by atoms with Crippen molar-refractivity contribution in [3.8, 4) is 5.75 Å². The summed E-state index contributed by atoms with van der Waals surface area (Å²) in [6.07, 6.45) is 0. The van der Waals surface area contributed by atoms with Crippen LogP contribution in [0.1, 0.15) is 20.8 Å². The molecule has 2 aromatic rings. The summed E-state index contributed by atoms with van der Waals surface area (Å²) in [5, 5.41) is 14.4. The molecule has 6 nitrogen and oxygen atoms in total. The molecule has 1 aromatic carbocycles. The number of rotatable bonds is 5. The molecule has 2 rings (SSSR count). The number of carbonyl (C=O) groups is 1. The van der Waals surface area contributed by atoms with Gasteiger partial charge in [0.05, 0.1) is 0 Å². The Balaban J connectivity index is 1.84. The molecule has 0 saturated carbocycles. The fourth-order valence-corrected chi connectivity index (χ4v) is 1.83. The van der Waals surface area contributed by atoms with E-state index in [0.29, 0.717) is 22.4 Å². The van der Waals surface area contributed by atoms with Crippen LogP contribution in [0.15, 0.2) is 36.4 Å². The highest BCUT2D eigenvalue weighted by Crippen LogP contribution is 2.15. The number of nitrogens with zero attached hydrogens (tertiary/aromatic N) is 2. The van der Waals surface area contributed by atoms with Crippen molar-refractivity contribution in [2.24, 2.45) is 0 Å². The molecule has 0 aliphatic rings. The minimum Gasteiger partial charge on any atom is -0.484 e. The molecular weight excluding hydrogens is 316 g/mol. The number of benzene rings is 1. The molecule has 0 bridgehead atoms. The van der Waals surface area contributed by atoms with E-state index in [1.54, 1.807) is 36.4 Å². The second kappa shape index (κ2) is 7.28. The molecule has 7 heteroatoms. The first-order valence-corrected chi connectivity index (χ1v) is 7.50. The van der Waals surface area contributed by atoms with Crippen LogP contribution in [-0.2, 0) is 4.79 Å². The number of amides is 1. The Morgan fingerprint density at radius 3 is 2.26 bits per heavy atom. The second-order valence-corrected chi connectivity index (χ2v) is 6.41. The van der Waals surface area contributed by atoms with Crippen LogP contribution < -0.4 is 15.4 Å². The third-order valence-electron chi connectivity index (χ3n) is 2.62. The van der Waals surface area contributed by atoms with E-state index in [1.807, 2.05) is 20.8 Å². The Bertz CT molecular complexity index is 651. The highest BCUT2D eigenvalue weighted by Gasteiger charge is 2.11. The zero-order valence-electron chi connectivity index (χ0n) is 13.3. The predicted octanol–water partition coefficient (Wildman–Crippen LogP) is 3.36. The third-order valence-corrected chi connectivity index (χ3v) is 2.87. The molecule has 122 valence electrons. The smallest absolute Gasteiger partial charge is 0.263 e. The zero-order chi connectivity index (χ0) is 16.9. The summed E-state index contributed by atoms with van der Waals surface area (Å²) in [6.45, 7) is 5.96. The van der Waals surface area contributed by atoms with Gasteiger partial charge in [-0.25, -0.2) is 0 Å². The van der Waals surface area contributed by atoms with E-state index in [2.05, 4.69) is 20.8 Å². The van der Waals surface area contributed by atoms with Crippen molar-refractivity contribution in [1.82, 2.24) is 10.2 Å². The van der Waals surface area contributed by atoms with E-state index < -0.39 is 0 Å². The van der Waals surface area contributed by atoms with Crippen LogP contribution in [0.25, 0.3) is 0 Å². The maximum atomic E-state index is 11.8. The van der Waals surface area contributed by atoms with E-state index in [4.69, 9.17) is 16.3 Å². The first-order chi connectivity index (χ1) is 10.8. The topological polar surface area (TPSA) is 76.1 Å². The monoisotopic (exact) mass is 334 g/mol. The lowest BCUT2D eigenvalue weighted by atomic mass is 10.1. The largest absolute Gasteiger partial charge is 0.484 e. The van der Waals surface area contributed by atoms with Crippen molar-refractivity contribution in [3.05, 3.63) is 41.4 Å². The summed E-state index contributed by atoms with van der Waals surface area (Å²) in [5.41, 5.74) is -0.105. The molecule has 23 heavy (non-hydrogen) atoms. The molecule has 2 N–H and O–H groups in total. The lowest BCUT2D eigenvalue weighted by Gasteiger charge is -2.20. The van der Waals surface area contributed by atoms with Crippen molar-refractivity contribution in [2.45, 2.75) is 26.3 Å². The number of carbonyl (C=O) groups excluding carboxylic acids is 1. The van der Waals surface area contributed by atoms with Gasteiger partial charge in [0, 0.05) is 10.6 Å². The van der Waals surface area contributed by atoms with Gasteiger partial charge < -0.3 is 15.4 Å². The number of anilines is 2. The van der Waals surface area contributed by atoms with Gasteiger partial charge >= 0.3 is 0 Å². The van der Waals surface area contributed by atoms with E-state index in [-0.39, 0.29) is 18.1 Å². The van der Waals surface area contributed by atoms with Crippen molar-refractivity contribution in [1.29, 1.82) is 0 Å². The Hall–Kier alpha value is -2.34. The van der Waals surface area contributed by atoms with Crippen LogP contribution >= 0.6 is 11.6 Å². The lowest BCUT2D eigenvalue weighted by molar-refractivity contribution is -0.118. The highest BCUT2D eigenvalue weighted by molar-refractivity contribution is 6.30. The van der Waals surface area contributed by atoms with Crippen LogP contribution in [0.4, 0.5) is 11.6 Å². The van der Waals surface area contributed by atoms with Crippen LogP contribution in [0.5, 0.6) is 5.75 Å². The molecular formula is C16H19ClN4O2. The first-order valence-electron chi connectivity index (χ1n) is 7.12. The summed E-state index contributed by atoms with van der Waals surface area (Å²) < 4.78 is 5.35. The Morgan fingerprint density at radius 1 is 1.09 bits per heavy atom. The van der Waals surface area contributed by atoms with Crippen LogP contribution in [0.2, 0.25) is 5.02 Å². The molecule has 0 unspecified atom stereocenters. The SMILES string of the molecule is CC(C)(C)Nc1ccc(NC(=O)COc2ccc(Cl)cc2)nn1. The number of hydrogen-bond acceptors (Lipinski definition) is 5. The standard InChI is InChI=1S/C16H19ClN4O2/c1-16(2,3)19-14-9-8-13(20-21-14)18-15(22)10-23-12-6-4-11(17)5-7-12/h4-9H,10H2,1-3H3,(H,19,21)(H,18,20,22). The maximum Gasteiger partial charge on any atom is 0.263 e. The van der Waals surface area contributed by atoms with Gasteiger partial charge in [-0.3, -0.25) is 4.79 Å². The number of ether oxygens (including phenoxy) is 1. The van der Waals surface area contributed by atoms with Gasteiger partial charge in [-0.15, -0.1) is 10.2 Å². The van der Waals surface area contributed by atoms with Crippen molar-refractivity contribution < 1.29 is 9.53 Å². The van der Waals surface area contributed by atoms with Crippen LogP contribution in [0.3, 0.4) is 0 Å². The van der Waals surface area contributed by atoms with E-state index in [9.17, 15) is 4.79 Å². The highest BCUT2D eigenvalue weighted by atomic mass is 35.5. The molecule has 0 radical (unpaired) electrons. The van der Waals surface area contributed by atoms with Crippen LogP contribution in [-0.4, -0.2) is 28.3 Å². The zero-order valence-corrected chi connectivity index (χ0v) is 14.0. The molecule has 0 aliphatic carbocycles. The quantitative estimate of drug-likeness (QED) is 0.876. The van der Waals surface area contributed by atoms with Gasteiger partial charge in [-0.05, 0) is 57.2 Å². The average molecular weight is 335 g/mol. The Kier molecular flexibility index (Phi) is 5.39. The fraction of sp³-hybridized carbons (Fsp3) is 0.312. The molecule has 0 saturated heterocycles. The van der Waals surface area contributed by atoms with Crippen LogP contribution in [0, 0.1) is 0 Å². The van der Waals surface area contributed by atoms with Gasteiger partial charge in [0.15, 0.2) is 12.4 Å². The molecule has 1 heterocycles. The lowest BCUT2D eigenvalue weighted by Crippen LogP contribution is -2.27. The Labute approximate surface area is 140 Å². The van der Waals surface area contributed by atoms with Crippen molar-refractivity contribution in [2.75, 3.05) is 17.2 Å². The molecule has 1 aromatic heterocycles. The molecule has 0 aliphatic heterocycles. The summed E-state index contributed by atoms with van der Waals surface area (Å²) in [5.74, 6) is 1.27. The number of nitrogens with one attached hydrogen (secondary N) is 2. The van der Waals surface area contributed by atoms with Gasteiger partial charge in [-0.2, -0.15) is 0 Å². The number of aromatic nitrogens is 2. The fourth-order valence-electron chi connectivity index (χ4n) is 1.71. The number of halogens is 1. The summed E-state index contributed by atoms with van der Waals surface area (Å²) in [7, 11) is 0. The maximum absolute atomic E-state index is 11.8. The summed E-state index contributed by atoms with van der Waals surface area (Å²) >= 11 is 5.78. The predicted molar refractivity (Wildman–Crippen MR) is 91.0 cm³/mol. The van der Waals surface area contributed by atoms with Gasteiger partial charge in [0.1, 0.15) is 11.6 Å². The third kappa shape index (κ3) is 6.12. The van der Waals surface area contributed by atoms with E-state index in [0.717, 1.165) is 0 Å². The normalized spacial score (nSPS) is 11.0. The summed E-state index contributed by atoms with van der Waals surface area (Å²) in [4.78, 5) is 11.8. The minimum atomic E-state index is -0.314. The second-order valence-electron chi connectivity index (χ2n) is 5.97. The molecule has 0 fully saturated rings. The molecule has 0 spiro atoms. The minimum absolute atomic E-state index is 0.105.